The van der Waals surface area contributed by atoms with Crippen molar-refractivity contribution in [1.29, 1.82) is 0 Å². The van der Waals surface area contributed by atoms with E-state index in [2.05, 4.69) is 10.2 Å². The highest BCUT2D eigenvalue weighted by atomic mass is 32.1. The Bertz CT molecular complexity index is 1580. The number of aromatic hydroxyl groups is 2. The van der Waals surface area contributed by atoms with E-state index in [-0.39, 0.29) is 17.3 Å². The van der Waals surface area contributed by atoms with E-state index < -0.39 is 0 Å². The maximum atomic E-state index is 13.7. The Labute approximate surface area is 213 Å². The van der Waals surface area contributed by atoms with Crippen LogP contribution in [0.5, 0.6) is 11.5 Å². The minimum atomic E-state index is -0.0762. The van der Waals surface area contributed by atoms with Crippen LogP contribution in [-0.4, -0.2) is 47.1 Å². The number of ketones is 1. The topological polar surface area (TPSA) is 72.8 Å². The Kier molecular flexibility index (Phi) is 5.99. The number of nitrogens with zero attached hydrogens (tertiary/aromatic N) is 1. The van der Waals surface area contributed by atoms with Crippen molar-refractivity contribution >= 4 is 53.8 Å². The molecule has 1 fully saturated rings. The number of piperidine rings is 1. The highest BCUT2D eigenvalue weighted by Crippen LogP contribution is 2.42. The van der Waals surface area contributed by atoms with Crippen molar-refractivity contribution in [3.05, 3.63) is 77.9 Å². The van der Waals surface area contributed by atoms with Gasteiger partial charge in [0.05, 0.1) is 0 Å². The van der Waals surface area contributed by atoms with Crippen LogP contribution in [0, 0.1) is 0 Å². The zero-order valence-electron chi connectivity index (χ0n) is 20.0. The Hall–Kier alpha value is -3.61. The summed E-state index contributed by atoms with van der Waals surface area (Å²) in [5.41, 5.74) is 2.18. The lowest BCUT2D eigenvalue weighted by atomic mass is 9.94. The number of anilines is 1. The number of fused-ring (bicyclic) bond motifs is 5. The number of rotatable bonds is 6. The molecular weight excluding hydrogens is 468 g/mol. The third-order valence-corrected chi connectivity index (χ3v) is 8.24. The second kappa shape index (κ2) is 9.45. The number of carbonyl (C=O) groups is 1. The zero-order chi connectivity index (χ0) is 24.6. The molecule has 0 atom stereocenters. The molecule has 0 radical (unpaired) electrons. The molecule has 2 heterocycles. The van der Waals surface area contributed by atoms with Crippen molar-refractivity contribution < 1.29 is 15.0 Å². The SMILES string of the molecule is O=C(c1ccc(NCCN2CCCCC2)cc1)c1cc2sc3cc(O)ccc3c2c2ccc(O)cc12. The molecule has 1 aliphatic rings. The predicted octanol–water partition coefficient (Wildman–Crippen LogP) is 6.75. The van der Waals surface area contributed by atoms with Gasteiger partial charge >= 0.3 is 0 Å². The van der Waals surface area contributed by atoms with Gasteiger partial charge in [-0.2, -0.15) is 0 Å². The Morgan fingerprint density at radius 2 is 1.53 bits per heavy atom. The number of nitrogens with one attached hydrogen (secondary N) is 1. The smallest absolute Gasteiger partial charge is 0.193 e. The van der Waals surface area contributed by atoms with E-state index in [1.165, 1.54) is 32.4 Å². The Morgan fingerprint density at radius 3 is 2.31 bits per heavy atom. The molecule has 0 unspecified atom stereocenters. The molecule has 1 aromatic heterocycles. The van der Waals surface area contributed by atoms with E-state index in [4.69, 9.17) is 0 Å². The average Bonchev–Trinajstić information content (AvgIpc) is 3.26. The molecule has 6 heteroatoms. The molecule has 0 amide bonds. The quantitative estimate of drug-likeness (QED) is 0.227. The molecule has 5 nitrogen and oxygen atoms in total. The molecule has 5 aromatic rings. The summed E-state index contributed by atoms with van der Waals surface area (Å²) in [7, 11) is 0. The summed E-state index contributed by atoms with van der Waals surface area (Å²) in [4.78, 5) is 16.2. The van der Waals surface area contributed by atoms with Gasteiger partial charge in [-0.1, -0.05) is 12.5 Å². The molecule has 1 saturated heterocycles. The number of hydrogen-bond acceptors (Lipinski definition) is 6. The van der Waals surface area contributed by atoms with Crippen LogP contribution < -0.4 is 5.32 Å². The highest BCUT2D eigenvalue weighted by Gasteiger charge is 2.19. The van der Waals surface area contributed by atoms with Gasteiger partial charge < -0.3 is 20.4 Å². The molecule has 0 bridgehead atoms. The van der Waals surface area contributed by atoms with Crippen LogP contribution in [-0.2, 0) is 0 Å². The van der Waals surface area contributed by atoms with Crippen LogP contribution in [0.4, 0.5) is 5.69 Å². The molecule has 4 aromatic carbocycles. The molecule has 36 heavy (non-hydrogen) atoms. The van der Waals surface area contributed by atoms with Crippen molar-refractivity contribution in [3.63, 3.8) is 0 Å². The maximum absolute atomic E-state index is 13.7. The molecule has 3 N–H and O–H groups in total. The summed E-state index contributed by atoms with van der Waals surface area (Å²) in [5, 5.41) is 27.4. The minimum absolute atomic E-state index is 0.0762. The van der Waals surface area contributed by atoms with Gasteiger partial charge in [0.2, 0.25) is 0 Å². The normalized spacial score (nSPS) is 14.6. The summed E-state index contributed by atoms with van der Waals surface area (Å²) in [6.45, 7) is 4.28. The first-order valence-electron chi connectivity index (χ1n) is 12.5. The number of thiophene rings is 1. The summed E-state index contributed by atoms with van der Waals surface area (Å²) in [5.74, 6) is 0.269. The first kappa shape index (κ1) is 22.8. The minimum Gasteiger partial charge on any atom is -0.508 e. The van der Waals surface area contributed by atoms with Gasteiger partial charge in [0.1, 0.15) is 11.5 Å². The van der Waals surface area contributed by atoms with Crippen LogP contribution in [0.1, 0.15) is 35.2 Å². The number of likely N-dealkylation sites (tertiary alicyclic amines) is 1. The number of carbonyl (C=O) groups excluding carboxylic acids is 1. The summed E-state index contributed by atoms with van der Waals surface area (Å²) >= 11 is 1.56. The molecule has 0 saturated carbocycles. The van der Waals surface area contributed by atoms with Gasteiger partial charge in [0, 0.05) is 50.1 Å². The molecule has 1 aliphatic heterocycles. The van der Waals surface area contributed by atoms with Crippen LogP contribution in [0.15, 0.2) is 66.7 Å². The van der Waals surface area contributed by atoms with Gasteiger partial charge in [0.25, 0.3) is 0 Å². The molecule has 0 spiro atoms. The zero-order valence-corrected chi connectivity index (χ0v) is 20.8. The fourth-order valence-corrected chi connectivity index (χ4v) is 6.49. The molecular formula is C30H28N2O3S. The largest absolute Gasteiger partial charge is 0.508 e. The van der Waals surface area contributed by atoms with Crippen molar-refractivity contribution in [2.75, 3.05) is 31.5 Å². The number of phenols is 2. The third kappa shape index (κ3) is 4.27. The highest BCUT2D eigenvalue weighted by molar-refractivity contribution is 7.26. The lowest BCUT2D eigenvalue weighted by Gasteiger charge is -2.26. The van der Waals surface area contributed by atoms with Gasteiger partial charge in [-0.15, -0.1) is 11.3 Å². The van der Waals surface area contributed by atoms with Gasteiger partial charge in [-0.25, -0.2) is 0 Å². The molecule has 0 aliphatic carbocycles. The van der Waals surface area contributed by atoms with E-state index in [1.54, 1.807) is 35.6 Å². The Balaban J connectivity index is 1.32. The number of phenolic OH excluding ortho intramolecular Hbond substituents is 2. The third-order valence-electron chi connectivity index (χ3n) is 7.14. The number of hydrogen-bond donors (Lipinski definition) is 3. The number of benzene rings is 4. The summed E-state index contributed by atoms with van der Waals surface area (Å²) in [6, 6.07) is 20.1. The van der Waals surface area contributed by atoms with E-state index in [1.807, 2.05) is 42.5 Å². The van der Waals surface area contributed by atoms with Crippen molar-refractivity contribution in [2.24, 2.45) is 0 Å². The van der Waals surface area contributed by atoms with Crippen molar-refractivity contribution in [1.82, 2.24) is 4.90 Å². The average molecular weight is 497 g/mol. The van der Waals surface area contributed by atoms with Crippen LogP contribution >= 0.6 is 11.3 Å². The van der Waals surface area contributed by atoms with E-state index >= 15 is 0 Å². The van der Waals surface area contributed by atoms with Crippen LogP contribution in [0.2, 0.25) is 0 Å². The lowest BCUT2D eigenvalue weighted by Crippen LogP contribution is -2.33. The fraction of sp³-hybridized carbons (Fsp3) is 0.233. The maximum Gasteiger partial charge on any atom is 0.193 e. The van der Waals surface area contributed by atoms with Crippen molar-refractivity contribution in [2.45, 2.75) is 19.3 Å². The van der Waals surface area contributed by atoms with Gasteiger partial charge in [-0.05, 0) is 97.4 Å². The summed E-state index contributed by atoms with van der Waals surface area (Å²) in [6.07, 6.45) is 3.92. The fourth-order valence-electron chi connectivity index (χ4n) is 5.29. The lowest BCUT2D eigenvalue weighted by molar-refractivity contribution is 0.104. The first-order chi connectivity index (χ1) is 17.6. The molecule has 182 valence electrons. The van der Waals surface area contributed by atoms with E-state index in [9.17, 15) is 15.0 Å². The first-order valence-corrected chi connectivity index (χ1v) is 13.3. The van der Waals surface area contributed by atoms with Crippen LogP contribution in [0.3, 0.4) is 0 Å². The Morgan fingerprint density at radius 1 is 0.806 bits per heavy atom. The summed E-state index contributed by atoms with van der Waals surface area (Å²) < 4.78 is 1.94. The molecule has 6 rings (SSSR count). The van der Waals surface area contributed by atoms with E-state index in [0.29, 0.717) is 11.1 Å². The van der Waals surface area contributed by atoms with E-state index in [0.717, 1.165) is 49.7 Å². The van der Waals surface area contributed by atoms with Gasteiger partial charge in [-0.3, -0.25) is 4.79 Å². The van der Waals surface area contributed by atoms with Crippen LogP contribution in [0.25, 0.3) is 30.9 Å². The monoisotopic (exact) mass is 496 g/mol. The second-order valence-electron chi connectivity index (χ2n) is 9.55. The predicted molar refractivity (Wildman–Crippen MR) is 149 cm³/mol. The van der Waals surface area contributed by atoms with Gasteiger partial charge in [0.15, 0.2) is 5.78 Å². The van der Waals surface area contributed by atoms with Crippen molar-refractivity contribution in [3.8, 4) is 11.5 Å². The second-order valence-corrected chi connectivity index (χ2v) is 10.6. The standard InChI is InChI=1S/C30H28N2O3S/c33-21-8-10-23-25(16-21)26(18-28-29(23)24-11-9-22(34)17-27(24)36-28)30(35)19-4-6-20(7-5-19)31-12-15-32-13-2-1-3-14-32/h4-11,16-18,31,33-34H,1-3,12-15H2.